The summed E-state index contributed by atoms with van der Waals surface area (Å²) in [5.41, 5.74) is 1.73. The number of allylic oxidation sites excluding steroid dienone is 5. The number of ketones is 2. The van der Waals surface area contributed by atoms with E-state index in [0.29, 0.717) is 22.3 Å². The quantitative estimate of drug-likeness (QED) is 0.788. The summed E-state index contributed by atoms with van der Waals surface area (Å²) in [5.74, 6) is -0.253. The highest BCUT2D eigenvalue weighted by Crippen LogP contribution is 2.27. The minimum atomic E-state index is -0.136. The van der Waals surface area contributed by atoms with Crippen molar-refractivity contribution < 1.29 is 9.59 Å². The molecule has 0 bridgehead atoms. The monoisotopic (exact) mass is 240 g/mol. The van der Waals surface area contributed by atoms with Gasteiger partial charge in [0.2, 0.25) is 0 Å². The first kappa shape index (κ1) is 13.8. The third kappa shape index (κ3) is 1.97. The van der Waals surface area contributed by atoms with Crippen LogP contribution in [0.3, 0.4) is 0 Å². The van der Waals surface area contributed by atoms with Gasteiger partial charge in [0.25, 0.3) is 0 Å². The van der Waals surface area contributed by atoms with Crippen molar-refractivity contribution in [2.24, 2.45) is 0 Å². The van der Waals surface area contributed by atoms with Crippen molar-refractivity contribution in [3.05, 3.63) is 71.3 Å². The summed E-state index contributed by atoms with van der Waals surface area (Å²) in [6, 6.07) is 6.87. The van der Waals surface area contributed by atoms with E-state index in [4.69, 9.17) is 0 Å². The van der Waals surface area contributed by atoms with E-state index in [1.54, 1.807) is 36.4 Å². The van der Waals surface area contributed by atoms with Crippen molar-refractivity contribution in [2.75, 3.05) is 0 Å². The average molecular weight is 240 g/mol. The van der Waals surface area contributed by atoms with Gasteiger partial charge in [-0.3, -0.25) is 9.59 Å². The average Bonchev–Trinajstić information content (AvgIpc) is 2.36. The molecule has 0 fully saturated rings. The predicted octanol–water partition coefficient (Wildman–Crippen LogP) is 3.76. The van der Waals surface area contributed by atoms with Crippen LogP contribution in [0.4, 0.5) is 0 Å². The van der Waals surface area contributed by atoms with Crippen LogP contribution in [0.1, 0.15) is 35.1 Å². The summed E-state index contributed by atoms with van der Waals surface area (Å²) >= 11 is 0. The second kappa shape index (κ2) is 5.41. The summed E-state index contributed by atoms with van der Waals surface area (Å²) in [5, 5.41) is 0. The van der Waals surface area contributed by atoms with E-state index in [0.717, 1.165) is 0 Å². The van der Waals surface area contributed by atoms with Gasteiger partial charge in [-0.25, -0.2) is 0 Å². The van der Waals surface area contributed by atoms with Gasteiger partial charge in [-0.2, -0.15) is 0 Å². The largest absolute Gasteiger partial charge is 0.289 e. The van der Waals surface area contributed by atoms with E-state index in [9.17, 15) is 9.59 Å². The first-order valence-corrected chi connectivity index (χ1v) is 5.38. The molecular weight excluding hydrogens is 224 g/mol. The summed E-state index contributed by atoms with van der Waals surface area (Å²) in [6.45, 7) is 5.42. The Kier molecular flexibility index (Phi) is 4.16. The lowest BCUT2D eigenvalue weighted by Crippen LogP contribution is -2.20. The van der Waals surface area contributed by atoms with Crippen LogP contribution >= 0.6 is 0 Å². The van der Waals surface area contributed by atoms with Gasteiger partial charge in [0.15, 0.2) is 11.6 Å². The Hall–Kier alpha value is -2.22. The zero-order chi connectivity index (χ0) is 12.4. The molecule has 0 heterocycles. The van der Waals surface area contributed by atoms with Crippen LogP contribution in [0.5, 0.6) is 0 Å². The molecule has 0 N–H and O–H groups in total. The number of hydrogen-bond donors (Lipinski definition) is 0. The van der Waals surface area contributed by atoms with Crippen LogP contribution in [-0.2, 0) is 0 Å². The second-order valence-electron chi connectivity index (χ2n) is 3.74. The van der Waals surface area contributed by atoms with Gasteiger partial charge in [0, 0.05) is 22.3 Å². The molecule has 0 spiro atoms. The molecule has 1 aromatic rings. The van der Waals surface area contributed by atoms with Gasteiger partial charge >= 0.3 is 0 Å². The van der Waals surface area contributed by atoms with Crippen molar-refractivity contribution >= 4 is 11.6 Å². The molecule has 1 aliphatic carbocycles. The predicted molar refractivity (Wildman–Crippen MR) is 73.9 cm³/mol. The Morgan fingerprint density at radius 2 is 1.50 bits per heavy atom. The molecule has 1 aromatic carbocycles. The van der Waals surface area contributed by atoms with E-state index in [2.05, 4.69) is 6.58 Å². The van der Waals surface area contributed by atoms with E-state index in [1.807, 2.05) is 6.92 Å². The van der Waals surface area contributed by atoms with Crippen molar-refractivity contribution in [1.29, 1.82) is 0 Å². The Labute approximate surface area is 107 Å². The molecule has 18 heavy (non-hydrogen) atoms. The third-order valence-electron chi connectivity index (χ3n) is 2.73. The highest BCUT2D eigenvalue weighted by atomic mass is 16.1. The zero-order valence-electron chi connectivity index (χ0n) is 9.57. The molecule has 2 rings (SSSR count). The van der Waals surface area contributed by atoms with Crippen LogP contribution in [0.2, 0.25) is 0 Å². The number of fused-ring (bicyclic) bond motifs is 1. The number of hydrogen-bond acceptors (Lipinski definition) is 2. The zero-order valence-corrected chi connectivity index (χ0v) is 9.57. The van der Waals surface area contributed by atoms with Crippen LogP contribution in [-0.4, -0.2) is 11.6 Å². The van der Waals surface area contributed by atoms with Crippen LogP contribution < -0.4 is 0 Å². The minimum Gasteiger partial charge on any atom is -0.289 e. The van der Waals surface area contributed by atoms with Crippen molar-refractivity contribution in [3.63, 3.8) is 0 Å². The maximum Gasteiger partial charge on any atom is 0.194 e. The molecule has 0 saturated carbocycles. The standard InChI is InChI=1S/C15H12O2.CH4/c1-3-7-11-10(4-2)14(16)12-8-5-6-9-13(12)15(11)17;/h3-9H,2H2,1H3;1H4/b7-3-;. The Bertz CT molecular complexity index is 575. The Morgan fingerprint density at radius 3 is 1.94 bits per heavy atom. The van der Waals surface area contributed by atoms with Gasteiger partial charge in [-0.1, -0.05) is 56.5 Å². The summed E-state index contributed by atoms with van der Waals surface area (Å²) in [6.07, 6.45) is 4.86. The molecule has 2 nitrogen and oxygen atoms in total. The normalized spacial score (nSPS) is 14.5. The van der Waals surface area contributed by atoms with Gasteiger partial charge in [-0.15, -0.1) is 0 Å². The number of benzene rings is 1. The lowest BCUT2D eigenvalue weighted by atomic mass is 9.84. The minimum absolute atomic E-state index is 0. The first-order chi connectivity index (χ1) is 8.20. The highest BCUT2D eigenvalue weighted by Gasteiger charge is 2.28. The molecule has 92 valence electrons. The molecule has 0 aromatic heterocycles. The number of rotatable bonds is 2. The smallest absolute Gasteiger partial charge is 0.194 e. The topological polar surface area (TPSA) is 34.1 Å². The second-order valence-corrected chi connectivity index (χ2v) is 3.74. The summed E-state index contributed by atoms with van der Waals surface area (Å²) < 4.78 is 0. The molecule has 2 heteroatoms. The maximum atomic E-state index is 12.2. The van der Waals surface area contributed by atoms with Gasteiger partial charge < -0.3 is 0 Å². The molecule has 0 aliphatic heterocycles. The number of Topliss-reactive ketones (excluding diaryl/α,β-unsaturated/α-hetero) is 2. The molecule has 1 aliphatic rings. The molecule has 0 unspecified atom stereocenters. The molecule has 0 saturated heterocycles. The van der Waals surface area contributed by atoms with E-state index in [-0.39, 0.29) is 19.0 Å². The molecular formula is C16H16O2. The highest BCUT2D eigenvalue weighted by molar-refractivity contribution is 6.28. The van der Waals surface area contributed by atoms with Crippen molar-refractivity contribution in [3.8, 4) is 0 Å². The third-order valence-corrected chi connectivity index (χ3v) is 2.73. The van der Waals surface area contributed by atoms with E-state index >= 15 is 0 Å². The Balaban J connectivity index is 0.00000162. The fourth-order valence-corrected chi connectivity index (χ4v) is 1.95. The first-order valence-electron chi connectivity index (χ1n) is 5.38. The lowest BCUT2D eigenvalue weighted by molar-refractivity contribution is 0.0980. The van der Waals surface area contributed by atoms with Crippen molar-refractivity contribution in [2.45, 2.75) is 14.4 Å². The van der Waals surface area contributed by atoms with Crippen LogP contribution in [0.25, 0.3) is 0 Å². The SMILES string of the molecule is C.C=CC1=C(/C=C\C)C(=O)c2ccccc2C1=O. The van der Waals surface area contributed by atoms with Crippen LogP contribution in [0, 0.1) is 0 Å². The number of carbonyl (C=O) groups excluding carboxylic acids is 2. The van der Waals surface area contributed by atoms with E-state index in [1.165, 1.54) is 6.08 Å². The maximum absolute atomic E-state index is 12.2. The van der Waals surface area contributed by atoms with Gasteiger partial charge in [-0.05, 0) is 6.92 Å². The fraction of sp³-hybridized carbons (Fsp3) is 0.125. The van der Waals surface area contributed by atoms with Crippen LogP contribution in [0.15, 0.2) is 60.2 Å². The lowest BCUT2D eigenvalue weighted by Gasteiger charge is -2.16. The van der Waals surface area contributed by atoms with E-state index < -0.39 is 0 Å². The Morgan fingerprint density at radius 1 is 1.00 bits per heavy atom. The summed E-state index contributed by atoms with van der Waals surface area (Å²) in [4.78, 5) is 24.4. The molecule has 0 radical (unpaired) electrons. The number of carbonyl (C=O) groups is 2. The molecule has 0 atom stereocenters. The van der Waals surface area contributed by atoms with Gasteiger partial charge in [0.05, 0.1) is 0 Å². The summed E-state index contributed by atoms with van der Waals surface area (Å²) in [7, 11) is 0. The van der Waals surface area contributed by atoms with Gasteiger partial charge in [0.1, 0.15) is 0 Å². The van der Waals surface area contributed by atoms with Crippen molar-refractivity contribution in [1.82, 2.24) is 0 Å². The molecule has 0 amide bonds. The fourth-order valence-electron chi connectivity index (χ4n) is 1.95.